The number of benzene rings is 1. The predicted molar refractivity (Wildman–Crippen MR) is 84.3 cm³/mol. The quantitative estimate of drug-likeness (QED) is 0.531. The minimum atomic E-state index is -0.389. The molecular weight excluding hydrogens is 329 g/mol. The molecule has 122 valence electrons. The molecule has 4 heterocycles. The molecule has 0 fully saturated rings. The van der Waals surface area contributed by atoms with E-state index in [4.69, 9.17) is 8.94 Å². The Hall–Kier alpha value is -3.75. The van der Waals surface area contributed by atoms with Gasteiger partial charge in [0.05, 0.1) is 5.56 Å². The first kappa shape index (κ1) is 13.7. The number of fused-ring (bicyclic) bond motifs is 2. The van der Waals surface area contributed by atoms with Crippen LogP contribution in [0.25, 0.3) is 39.5 Å². The van der Waals surface area contributed by atoms with Gasteiger partial charge in [-0.25, -0.2) is 18.7 Å². The summed E-state index contributed by atoms with van der Waals surface area (Å²) in [5.41, 5.74) is 1.70. The average molecular weight is 337 g/mol. The molecule has 0 aliphatic carbocycles. The smallest absolute Gasteiger partial charge is 0.347 e. The van der Waals surface area contributed by atoms with Gasteiger partial charge in [-0.15, -0.1) is 0 Å². The molecule has 0 aliphatic heterocycles. The van der Waals surface area contributed by atoms with Gasteiger partial charge in [0.2, 0.25) is 5.82 Å². The van der Waals surface area contributed by atoms with Crippen molar-refractivity contribution in [2.45, 2.75) is 0 Å². The molecule has 1 aromatic carbocycles. The van der Waals surface area contributed by atoms with Gasteiger partial charge < -0.3 is 8.94 Å². The van der Waals surface area contributed by atoms with Crippen molar-refractivity contribution in [2.24, 2.45) is 0 Å². The summed E-state index contributed by atoms with van der Waals surface area (Å²) in [6.07, 6.45) is 2.99. The van der Waals surface area contributed by atoms with Gasteiger partial charge in [0.1, 0.15) is 17.7 Å². The number of nitrogens with one attached hydrogen (secondary N) is 1. The second kappa shape index (κ2) is 4.87. The number of furan rings is 1. The van der Waals surface area contributed by atoms with Crippen molar-refractivity contribution < 1.29 is 13.3 Å². The Morgan fingerprint density at radius 1 is 1.20 bits per heavy atom. The molecule has 0 amide bonds. The highest BCUT2D eigenvalue weighted by atomic mass is 19.1. The van der Waals surface area contributed by atoms with Crippen molar-refractivity contribution in [1.29, 1.82) is 0 Å². The standard InChI is InChI=1S/C16H8FN5O3/c17-9-2-3-12-10(5-9)11(7-24-12)15-18-14(21-25-15)8-1-4-13-19-20-16(23)22(13)6-8/h1-7H,(H,20,23). The Morgan fingerprint density at radius 2 is 2.12 bits per heavy atom. The Kier molecular flexibility index (Phi) is 2.66. The third-order valence-corrected chi connectivity index (χ3v) is 3.86. The van der Waals surface area contributed by atoms with Crippen LogP contribution >= 0.6 is 0 Å². The molecule has 0 spiro atoms. The van der Waals surface area contributed by atoms with Gasteiger partial charge in [-0.2, -0.15) is 10.1 Å². The Labute approximate surface area is 137 Å². The van der Waals surface area contributed by atoms with Gasteiger partial charge in [-0.1, -0.05) is 5.16 Å². The Balaban J connectivity index is 1.63. The van der Waals surface area contributed by atoms with E-state index < -0.39 is 0 Å². The summed E-state index contributed by atoms with van der Waals surface area (Å²) >= 11 is 0. The molecule has 0 saturated carbocycles. The van der Waals surface area contributed by atoms with Gasteiger partial charge >= 0.3 is 5.69 Å². The van der Waals surface area contributed by atoms with Crippen LogP contribution in [0.15, 0.2) is 56.5 Å². The average Bonchev–Trinajstić information content (AvgIpc) is 3.33. The zero-order valence-electron chi connectivity index (χ0n) is 12.4. The first-order valence-electron chi connectivity index (χ1n) is 7.27. The number of H-pyrrole nitrogens is 1. The van der Waals surface area contributed by atoms with Crippen molar-refractivity contribution in [2.75, 3.05) is 0 Å². The lowest BCUT2D eigenvalue weighted by atomic mass is 10.2. The maximum Gasteiger partial charge on any atom is 0.347 e. The SMILES string of the molecule is O=c1[nH]nc2ccc(-c3noc(-c4coc5ccc(F)cc45)n3)cn12. The zero-order valence-corrected chi connectivity index (χ0v) is 12.4. The lowest BCUT2D eigenvalue weighted by Crippen LogP contribution is -2.08. The molecule has 1 N–H and O–H groups in total. The van der Waals surface area contributed by atoms with E-state index in [1.54, 1.807) is 18.3 Å². The maximum absolute atomic E-state index is 13.5. The first-order chi connectivity index (χ1) is 12.2. The summed E-state index contributed by atoms with van der Waals surface area (Å²) in [4.78, 5) is 16.0. The van der Waals surface area contributed by atoms with Crippen molar-refractivity contribution in [3.05, 3.63) is 59.1 Å². The summed E-state index contributed by atoms with van der Waals surface area (Å²) in [6.45, 7) is 0. The van der Waals surface area contributed by atoms with E-state index in [0.29, 0.717) is 27.7 Å². The fourth-order valence-electron chi connectivity index (χ4n) is 2.65. The Bertz CT molecular complexity index is 1300. The summed E-state index contributed by atoms with van der Waals surface area (Å²) < 4.78 is 25.5. The molecule has 5 aromatic rings. The van der Waals surface area contributed by atoms with Crippen LogP contribution in [0.4, 0.5) is 4.39 Å². The molecule has 8 nitrogen and oxygen atoms in total. The van der Waals surface area contributed by atoms with Gasteiger partial charge in [0.25, 0.3) is 5.89 Å². The number of hydrogen-bond acceptors (Lipinski definition) is 6. The van der Waals surface area contributed by atoms with Crippen molar-refractivity contribution in [3.8, 4) is 22.8 Å². The predicted octanol–water partition coefficient (Wildman–Crippen LogP) is 2.62. The van der Waals surface area contributed by atoms with Crippen molar-refractivity contribution in [1.82, 2.24) is 24.7 Å². The third kappa shape index (κ3) is 2.06. The second-order valence-corrected chi connectivity index (χ2v) is 5.39. The van der Waals surface area contributed by atoms with Crippen LogP contribution in [-0.4, -0.2) is 24.7 Å². The van der Waals surface area contributed by atoms with Crippen LogP contribution in [0.2, 0.25) is 0 Å². The highest BCUT2D eigenvalue weighted by Gasteiger charge is 2.17. The fourth-order valence-corrected chi connectivity index (χ4v) is 2.65. The monoisotopic (exact) mass is 337 g/mol. The van der Waals surface area contributed by atoms with E-state index in [1.165, 1.54) is 28.9 Å². The van der Waals surface area contributed by atoms with Crippen LogP contribution in [0, 0.1) is 5.82 Å². The summed E-state index contributed by atoms with van der Waals surface area (Å²) in [6, 6.07) is 7.57. The third-order valence-electron chi connectivity index (χ3n) is 3.86. The van der Waals surface area contributed by atoms with E-state index in [2.05, 4.69) is 20.3 Å². The molecule has 0 atom stereocenters. The number of nitrogens with zero attached hydrogens (tertiary/aromatic N) is 4. The first-order valence-corrected chi connectivity index (χ1v) is 7.27. The van der Waals surface area contributed by atoms with Crippen molar-refractivity contribution >= 4 is 16.6 Å². The maximum atomic E-state index is 13.5. The van der Waals surface area contributed by atoms with E-state index in [0.717, 1.165) is 0 Å². The molecular formula is C16H8FN5O3. The minimum Gasteiger partial charge on any atom is -0.463 e. The van der Waals surface area contributed by atoms with Crippen LogP contribution in [0.1, 0.15) is 0 Å². The minimum absolute atomic E-state index is 0.194. The molecule has 9 heteroatoms. The lowest BCUT2D eigenvalue weighted by molar-refractivity contribution is 0.432. The van der Waals surface area contributed by atoms with Crippen molar-refractivity contribution in [3.63, 3.8) is 0 Å². The molecule has 0 unspecified atom stereocenters. The second-order valence-electron chi connectivity index (χ2n) is 5.39. The van der Waals surface area contributed by atoms with E-state index in [1.807, 2.05) is 0 Å². The topological polar surface area (TPSA) is 102 Å². The van der Waals surface area contributed by atoms with Crippen LogP contribution in [0.3, 0.4) is 0 Å². The van der Waals surface area contributed by atoms with E-state index >= 15 is 0 Å². The number of hydrogen-bond donors (Lipinski definition) is 1. The molecule has 4 aromatic heterocycles. The Morgan fingerprint density at radius 3 is 3.04 bits per heavy atom. The summed E-state index contributed by atoms with van der Waals surface area (Å²) in [5, 5.41) is 10.7. The molecule has 0 aliphatic rings. The van der Waals surface area contributed by atoms with Crippen LogP contribution in [-0.2, 0) is 0 Å². The fraction of sp³-hybridized carbons (Fsp3) is 0. The molecule has 0 radical (unpaired) electrons. The number of aromatic nitrogens is 5. The van der Waals surface area contributed by atoms with Crippen LogP contribution < -0.4 is 5.69 Å². The highest BCUT2D eigenvalue weighted by molar-refractivity contribution is 5.91. The molecule has 5 rings (SSSR count). The molecule has 0 bridgehead atoms. The largest absolute Gasteiger partial charge is 0.463 e. The van der Waals surface area contributed by atoms with E-state index in [9.17, 15) is 9.18 Å². The number of halogens is 1. The highest BCUT2D eigenvalue weighted by Crippen LogP contribution is 2.31. The van der Waals surface area contributed by atoms with E-state index in [-0.39, 0.29) is 23.2 Å². The number of pyridine rings is 1. The number of aromatic amines is 1. The van der Waals surface area contributed by atoms with Gasteiger partial charge in [-0.3, -0.25) is 0 Å². The number of rotatable bonds is 2. The lowest BCUT2D eigenvalue weighted by Gasteiger charge is -1.95. The normalized spacial score (nSPS) is 11.6. The summed E-state index contributed by atoms with van der Waals surface area (Å²) in [7, 11) is 0. The van der Waals surface area contributed by atoms with Crippen LogP contribution in [0.5, 0.6) is 0 Å². The van der Waals surface area contributed by atoms with Gasteiger partial charge in [0.15, 0.2) is 5.65 Å². The van der Waals surface area contributed by atoms with Gasteiger partial charge in [0, 0.05) is 17.1 Å². The zero-order chi connectivity index (χ0) is 17.0. The van der Waals surface area contributed by atoms with Gasteiger partial charge in [-0.05, 0) is 30.3 Å². The summed E-state index contributed by atoms with van der Waals surface area (Å²) in [5.74, 6) is 0.0920. The molecule has 25 heavy (non-hydrogen) atoms. The molecule has 0 saturated heterocycles.